The van der Waals surface area contributed by atoms with Crippen molar-refractivity contribution < 1.29 is 9.21 Å². The number of halogens is 1. The predicted molar refractivity (Wildman–Crippen MR) is 162 cm³/mol. The first-order chi connectivity index (χ1) is 19.9. The van der Waals surface area contributed by atoms with Crippen molar-refractivity contribution in [1.82, 2.24) is 25.1 Å². The van der Waals surface area contributed by atoms with Crippen molar-refractivity contribution in [2.24, 2.45) is 0 Å². The lowest BCUT2D eigenvalue weighted by Gasteiger charge is -2.18. The van der Waals surface area contributed by atoms with Crippen LogP contribution in [0.15, 0.2) is 40.9 Å². The van der Waals surface area contributed by atoms with Crippen LogP contribution in [0.25, 0.3) is 32.0 Å². The molecule has 1 aliphatic heterocycles. The van der Waals surface area contributed by atoms with Gasteiger partial charge in [-0.15, -0.1) is 21.5 Å². The number of rotatable bonds is 7. The highest BCUT2D eigenvalue weighted by Gasteiger charge is 2.37. The molecule has 1 unspecified atom stereocenters. The lowest BCUT2D eigenvalue weighted by molar-refractivity contribution is 0.0779. The Bertz CT molecular complexity index is 1830. The molecule has 0 radical (unpaired) electrons. The molecule has 1 aromatic carbocycles. The first-order valence-electron chi connectivity index (χ1n) is 14.0. The van der Waals surface area contributed by atoms with Crippen molar-refractivity contribution in [3.05, 3.63) is 75.5 Å². The van der Waals surface area contributed by atoms with Crippen LogP contribution in [0.3, 0.4) is 0 Å². The van der Waals surface area contributed by atoms with E-state index in [2.05, 4.69) is 45.6 Å². The molecule has 7 rings (SSSR count). The number of hydrogen-bond donors (Lipinski definition) is 1. The third-order valence-electron chi connectivity index (χ3n) is 8.09. The number of anilines is 1. The Morgan fingerprint density at radius 3 is 2.83 bits per heavy atom. The van der Waals surface area contributed by atoms with Crippen molar-refractivity contribution in [3.8, 4) is 21.9 Å². The lowest BCUT2D eigenvalue weighted by atomic mass is 9.90. The van der Waals surface area contributed by atoms with Gasteiger partial charge in [-0.05, 0) is 72.4 Å². The normalized spacial score (nSPS) is 16.0. The van der Waals surface area contributed by atoms with Crippen LogP contribution in [0.1, 0.15) is 64.4 Å². The second kappa shape index (κ2) is 10.2. The molecule has 5 aromatic rings. The minimum absolute atomic E-state index is 0.00124. The Morgan fingerprint density at radius 2 is 2.05 bits per heavy atom. The molecule has 8 nitrogen and oxygen atoms in total. The molecule has 0 saturated carbocycles. The van der Waals surface area contributed by atoms with Gasteiger partial charge in [0.1, 0.15) is 5.82 Å². The van der Waals surface area contributed by atoms with Crippen LogP contribution in [0.4, 0.5) is 5.82 Å². The highest BCUT2D eigenvalue weighted by atomic mass is 35.5. The van der Waals surface area contributed by atoms with Crippen LogP contribution in [0.2, 0.25) is 5.02 Å². The largest absolute Gasteiger partial charge is 0.421 e. The maximum absolute atomic E-state index is 13.9. The average molecular weight is 585 g/mol. The number of aromatic nitrogens is 4. The van der Waals surface area contributed by atoms with E-state index in [1.807, 2.05) is 24.1 Å². The van der Waals surface area contributed by atoms with E-state index in [-0.39, 0.29) is 11.8 Å². The van der Waals surface area contributed by atoms with E-state index < -0.39 is 0 Å². The van der Waals surface area contributed by atoms with E-state index in [0.29, 0.717) is 36.9 Å². The zero-order chi connectivity index (χ0) is 28.2. The first-order valence-corrected chi connectivity index (χ1v) is 15.1. The molecule has 2 aliphatic rings. The molecular formula is C31H29ClN6O2S. The third-order valence-corrected chi connectivity index (χ3v) is 9.50. The van der Waals surface area contributed by atoms with Crippen LogP contribution in [0, 0.1) is 6.92 Å². The molecular weight excluding hydrogens is 556 g/mol. The molecule has 1 atom stereocenters. The van der Waals surface area contributed by atoms with Crippen LogP contribution in [0.5, 0.6) is 0 Å². The van der Waals surface area contributed by atoms with Crippen molar-refractivity contribution in [1.29, 1.82) is 0 Å². The molecule has 1 aliphatic carbocycles. The smallest absolute Gasteiger partial charge is 0.256 e. The maximum atomic E-state index is 13.9. The zero-order valence-corrected chi connectivity index (χ0v) is 24.7. The second-order valence-electron chi connectivity index (χ2n) is 10.7. The molecule has 0 bridgehead atoms. The van der Waals surface area contributed by atoms with Crippen LogP contribution in [-0.4, -0.2) is 44.6 Å². The second-order valence-corrected chi connectivity index (χ2v) is 12.2. The van der Waals surface area contributed by atoms with Gasteiger partial charge in [0.05, 0.1) is 33.8 Å². The molecule has 0 saturated heterocycles. The molecule has 10 heteroatoms. The Labute approximate surface area is 246 Å². The first kappa shape index (κ1) is 26.1. The minimum atomic E-state index is -0.00124. The average Bonchev–Trinajstić information content (AvgIpc) is 3.74. The Morgan fingerprint density at radius 1 is 1.17 bits per heavy atom. The Hall–Kier alpha value is -3.82. The van der Waals surface area contributed by atoms with E-state index >= 15 is 0 Å². The summed E-state index contributed by atoms with van der Waals surface area (Å²) in [5.41, 5.74) is 6.51. The van der Waals surface area contributed by atoms with E-state index in [1.165, 1.54) is 11.1 Å². The number of amides is 1. The van der Waals surface area contributed by atoms with Crippen LogP contribution >= 0.6 is 22.9 Å². The van der Waals surface area contributed by atoms with Crippen molar-refractivity contribution >= 4 is 44.7 Å². The molecule has 5 heterocycles. The fraction of sp³-hybridized carbons (Fsp3) is 0.323. The summed E-state index contributed by atoms with van der Waals surface area (Å²) in [6, 6.07) is 10.3. The number of nitrogens with zero attached hydrogens (tertiary/aromatic N) is 5. The van der Waals surface area contributed by atoms with Gasteiger partial charge in [-0.25, -0.2) is 4.98 Å². The number of benzene rings is 1. The summed E-state index contributed by atoms with van der Waals surface area (Å²) >= 11 is 7.93. The fourth-order valence-corrected chi connectivity index (χ4v) is 7.71. The molecule has 41 heavy (non-hydrogen) atoms. The van der Waals surface area contributed by atoms with Crippen molar-refractivity contribution in [2.75, 3.05) is 18.9 Å². The van der Waals surface area contributed by atoms with Crippen molar-refractivity contribution in [3.63, 3.8) is 0 Å². The summed E-state index contributed by atoms with van der Waals surface area (Å²) < 4.78 is 7.12. The lowest BCUT2D eigenvalue weighted by Crippen LogP contribution is -2.24. The SMILES string of the molecule is CCCN1Cc2nc(CC3CCc4cc(Cl)ccc43)c(-c3nnc(C)o3)c(-c3cc4ccnc(NC)c4s3)c2C1=O. The molecule has 0 spiro atoms. The number of carbonyl (C=O) groups is 1. The number of pyridine rings is 2. The van der Waals surface area contributed by atoms with Gasteiger partial charge >= 0.3 is 0 Å². The summed E-state index contributed by atoms with van der Waals surface area (Å²) in [6.45, 7) is 5.04. The highest BCUT2D eigenvalue weighted by Crippen LogP contribution is 2.47. The summed E-state index contributed by atoms with van der Waals surface area (Å²) in [4.78, 5) is 26.5. The third kappa shape index (κ3) is 4.38. The topological polar surface area (TPSA) is 97.0 Å². The summed E-state index contributed by atoms with van der Waals surface area (Å²) in [7, 11) is 1.87. The van der Waals surface area contributed by atoms with Gasteiger partial charge in [0.15, 0.2) is 0 Å². The van der Waals surface area contributed by atoms with Gasteiger partial charge in [-0.2, -0.15) is 0 Å². The highest BCUT2D eigenvalue weighted by molar-refractivity contribution is 7.23. The standard InChI is InChI=1S/C31H29ClN6O2S/c1-4-11-38-15-23-26(31(38)39)27(24-14-19-9-10-34-29(33-3)28(19)41-24)25(30-37-36-16(2)40-30)22(35-23)13-18-6-5-17-12-20(32)7-8-21(17)18/h7-10,12,14,18H,4-6,11,13,15H2,1-3H3,(H,33,34). The molecule has 1 N–H and O–H groups in total. The van der Waals surface area contributed by atoms with E-state index in [1.54, 1.807) is 24.5 Å². The molecule has 208 valence electrons. The minimum Gasteiger partial charge on any atom is -0.421 e. The van der Waals surface area contributed by atoms with Crippen LogP contribution in [-0.2, 0) is 19.4 Å². The Kier molecular flexibility index (Phi) is 6.51. The summed E-state index contributed by atoms with van der Waals surface area (Å²) in [5.74, 6) is 1.94. The quantitative estimate of drug-likeness (QED) is 0.219. The monoisotopic (exact) mass is 584 g/mol. The molecule has 4 aromatic heterocycles. The number of fused-ring (bicyclic) bond motifs is 3. The number of thiophene rings is 1. The van der Waals surface area contributed by atoms with Gasteiger partial charge in [0.2, 0.25) is 11.8 Å². The summed E-state index contributed by atoms with van der Waals surface area (Å²) in [5, 5.41) is 13.7. The van der Waals surface area contributed by atoms with E-state index in [4.69, 9.17) is 21.0 Å². The maximum Gasteiger partial charge on any atom is 0.256 e. The fourth-order valence-electron chi connectivity index (χ4n) is 6.30. The van der Waals surface area contributed by atoms with Gasteiger partial charge in [-0.3, -0.25) is 9.78 Å². The molecule has 1 amide bonds. The van der Waals surface area contributed by atoms with Gasteiger partial charge < -0.3 is 14.6 Å². The zero-order valence-electron chi connectivity index (χ0n) is 23.1. The number of aryl methyl sites for hydroxylation is 2. The van der Waals surface area contributed by atoms with E-state index in [9.17, 15) is 4.79 Å². The van der Waals surface area contributed by atoms with Crippen molar-refractivity contribution in [2.45, 2.75) is 52.0 Å². The number of nitrogens with one attached hydrogen (secondary N) is 1. The molecule has 0 fully saturated rings. The summed E-state index contributed by atoms with van der Waals surface area (Å²) in [6.07, 6.45) is 5.35. The predicted octanol–water partition coefficient (Wildman–Crippen LogP) is 7.05. The van der Waals surface area contributed by atoms with Gasteiger partial charge in [-0.1, -0.05) is 24.6 Å². The number of carbonyl (C=O) groups excluding carboxylic acids is 1. The number of hydrogen-bond acceptors (Lipinski definition) is 8. The van der Waals surface area contributed by atoms with Crippen LogP contribution < -0.4 is 5.32 Å². The van der Waals surface area contributed by atoms with Gasteiger partial charge in [0.25, 0.3) is 5.91 Å². The van der Waals surface area contributed by atoms with E-state index in [0.717, 1.165) is 67.6 Å². The Balaban J connectivity index is 1.48. The van der Waals surface area contributed by atoms with Gasteiger partial charge in [0, 0.05) is 42.2 Å².